The van der Waals surface area contributed by atoms with E-state index in [9.17, 15) is 0 Å². The van der Waals surface area contributed by atoms with Crippen molar-refractivity contribution in [1.82, 2.24) is 0 Å². The van der Waals surface area contributed by atoms with Crippen molar-refractivity contribution in [2.45, 2.75) is 25.6 Å². The van der Waals surface area contributed by atoms with E-state index in [0.717, 1.165) is 6.04 Å². The highest BCUT2D eigenvalue weighted by Crippen LogP contribution is 2.28. The molecule has 0 saturated carbocycles. The van der Waals surface area contributed by atoms with Crippen molar-refractivity contribution >= 4 is 41.3 Å². The topological polar surface area (TPSA) is 46.2 Å². The molecular weight excluding hydrogens is 383 g/mol. The molecule has 0 N–H and O–H groups in total. The molecule has 0 spiro atoms. The minimum absolute atomic E-state index is 0. The molecule has 0 rings (SSSR count). The molecule has 0 aliphatic heterocycles. The van der Waals surface area contributed by atoms with Crippen molar-refractivity contribution in [3.8, 4) is 0 Å². The summed E-state index contributed by atoms with van der Waals surface area (Å²) in [5.74, 6) is 0.499. The van der Waals surface area contributed by atoms with Gasteiger partial charge in [-0.2, -0.15) is 0 Å². The zero-order valence-electron chi connectivity index (χ0n) is 12.4. The van der Waals surface area contributed by atoms with Crippen LogP contribution in [0, 0.1) is 5.92 Å². The van der Waals surface area contributed by atoms with Crippen LogP contribution in [-0.2, 0) is 22.1 Å². The third-order valence-corrected chi connectivity index (χ3v) is 11.6. The minimum Gasteiger partial charge on any atom is -0.398 e. The van der Waals surface area contributed by atoms with Crippen LogP contribution >= 0.6 is 24.0 Å². The van der Waals surface area contributed by atoms with E-state index in [0.29, 0.717) is 11.6 Å². The Labute approximate surface area is 130 Å². The quantitative estimate of drug-likeness (QED) is 0.432. The van der Waals surface area contributed by atoms with Crippen molar-refractivity contribution in [3.63, 3.8) is 0 Å². The summed E-state index contributed by atoms with van der Waals surface area (Å²) in [4.78, 5) is 0. The van der Waals surface area contributed by atoms with Crippen LogP contribution < -0.4 is 0 Å². The van der Waals surface area contributed by atoms with Crippen molar-refractivity contribution in [2.24, 2.45) is 5.92 Å². The molecule has 0 aliphatic rings. The second-order valence-electron chi connectivity index (χ2n) is 4.39. The van der Waals surface area contributed by atoms with Gasteiger partial charge in [-0.05, 0) is 12.0 Å². The van der Waals surface area contributed by atoms with Crippen LogP contribution in [0.3, 0.4) is 0 Å². The van der Waals surface area contributed by atoms with E-state index < -0.39 is 17.4 Å². The Balaban J connectivity index is 0. The van der Waals surface area contributed by atoms with E-state index in [1.807, 2.05) is 0 Å². The summed E-state index contributed by atoms with van der Waals surface area (Å²) < 4.78 is 27.7. The van der Waals surface area contributed by atoms with Gasteiger partial charge in [0.15, 0.2) is 0 Å². The van der Waals surface area contributed by atoms with Crippen molar-refractivity contribution in [1.29, 1.82) is 0 Å². The Hall–Kier alpha value is 0.964. The van der Waals surface area contributed by atoms with E-state index in [-0.39, 0.29) is 24.0 Å². The Morgan fingerprint density at radius 3 is 1.39 bits per heavy atom. The summed E-state index contributed by atoms with van der Waals surface area (Å²) in [5, 5.41) is 0. The van der Waals surface area contributed by atoms with Crippen LogP contribution in [-0.4, -0.2) is 52.9 Å². The van der Waals surface area contributed by atoms with Gasteiger partial charge < -0.3 is 22.1 Å². The van der Waals surface area contributed by atoms with Gasteiger partial charge in [0.1, 0.15) is 0 Å². The standard InChI is InChI=1S/C10H26O5Si2.HI/c1-10(2)8-16(11-3,12-4)9-17(13-5,14-6)15-7;/h10H,8-9H2,1-7H3;1H. The van der Waals surface area contributed by atoms with E-state index in [2.05, 4.69) is 13.8 Å². The van der Waals surface area contributed by atoms with E-state index >= 15 is 0 Å². The lowest BCUT2D eigenvalue weighted by molar-refractivity contribution is 0.122. The highest BCUT2D eigenvalue weighted by molar-refractivity contribution is 14.0. The first-order chi connectivity index (χ1) is 7.93. The van der Waals surface area contributed by atoms with E-state index in [4.69, 9.17) is 22.1 Å². The van der Waals surface area contributed by atoms with Gasteiger partial charge >= 0.3 is 17.4 Å². The fourth-order valence-electron chi connectivity index (χ4n) is 1.88. The summed E-state index contributed by atoms with van der Waals surface area (Å²) in [7, 11) is 3.25. The predicted molar refractivity (Wildman–Crippen MR) is 86.4 cm³/mol. The third-order valence-electron chi connectivity index (χ3n) is 2.88. The molecule has 0 heterocycles. The largest absolute Gasteiger partial charge is 0.502 e. The molecule has 0 saturated heterocycles. The Morgan fingerprint density at radius 2 is 1.17 bits per heavy atom. The van der Waals surface area contributed by atoms with Crippen LogP contribution in [0.4, 0.5) is 0 Å². The van der Waals surface area contributed by atoms with Gasteiger partial charge in [-0.3, -0.25) is 0 Å². The van der Waals surface area contributed by atoms with Crippen LogP contribution in [0.1, 0.15) is 13.8 Å². The summed E-state index contributed by atoms with van der Waals surface area (Å²) in [6, 6.07) is 0.894. The lowest BCUT2D eigenvalue weighted by atomic mass is 10.3. The van der Waals surface area contributed by atoms with Crippen LogP contribution in [0.2, 0.25) is 11.7 Å². The van der Waals surface area contributed by atoms with Crippen molar-refractivity contribution in [3.05, 3.63) is 0 Å². The third kappa shape index (κ3) is 5.95. The number of rotatable bonds is 9. The monoisotopic (exact) mass is 410 g/mol. The molecule has 0 amide bonds. The lowest BCUT2D eigenvalue weighted by Gasteiger charge is -2.34. The molecule has 0 radical (unpaired) electrons. The summed E-state index contributed by atoms with van der Waals surface area (Å²) >= 11 is 0. The predicted octanol–water partition coefficient (Wildman–Crippen LogP) is 2.41. The molecule has 0 aliphatic carbocycles. The number of hydrogen-bond donors (Lipinski definition) is 0. The zero-order valence-corrected chi connectivity index (χ0v) is 16.8. The maximum absolute atomic E-state index is 5.67. The van der Waals surface area contributed by atoms with E-state index in [1.54, 1.807) is 35.5 Å². The molecule has 0 aromatic carbocycles. The highest BCUT2D eigenvalue weighted by Gasteiger charge is 2.51. The Kier molecular flexibility index (Phi) is 11.6. The Bertz CT molecular complexity index is 202. The molecule has 0 aromatic heterocycles. The van der Waals surface area contributed by atoms with Crippen LogP contribution in [0.15, 0.2) is 0 Å². The second-order valence-corrected chi connectivity index (χ2v) is 11.4. The first-order valence-electron chi connectivity index (χ1n) is 5.69. The molecule has 18 heavy (non-hydrogen) atoms. The SMILES string of the molecule is CO[Si](CC(C)C)(C[Si](OC)(OC)OC)OC.I. The lowest BCUT2D eigenvalue weighted by Crippen LogP contribution is -2.55. The Morgan fingerprint density at radius 1 is 0.778 bits per heavy atom. The van der Waals surface area contributed by atoms with Gasteiger partial charge in [0.05, 0.1) is 5.67 Å². The normalized spacial score (nSPS) is 12.7. The maximum atomic E-state index is 5.67. The second kappa shape index (κ2) is 9.80. The van der Waals surface area contributed by atoms with Gasteiger partial charge in [0, 0.05) is 35.5 Å². The molecule has 0 unspecified atom stereocenters. The highest BCUT2D eigenvalue weighted by atomic mass is 127. The summed E-state index contributed by atoms with van der Waals surface area (Å²) in [5.41, 5.74) is 0.606. The number of halogens is 1. The fraction of sp³-hybridized carbons (Fsp3) is 1.00. The van der Waals surface area contributed by atoms with E-state index in [1.165, 1.54) is 0 Å². The van der Waals surface area contributed by atoms with Crippen LogP contribution in [0.5, 0.6) is 0 Å². The molecule has 8 heteroatoms. The van der Waals surface area contributed by atoms with Crippen molar-refractivity contribution in [2.75, 3.05) is 35.5 Å². The molecule has 0 atom stereocenters. The molecular formula is C10H27IO5Si2. The smallest absolute Gasteiger partial charge is 0.398 e. The molecule has 0 bridgehead atoms. The molecule has 0 fully saturated rings. The molecule has 112 valence electrons. The summed E-state index contributed by atoms with van der Waals surface area (Å²) in [6.45, 7) is 4.30. The molecule has 0 aromatic rings. The van der Waals surface area contributed by atoms with Gasteiger partial charge in [-0.1, -0.05) is 13.8 Å². The maximum Gasteiger partial charge on any atom is 0.502 e. The first kappa shape index (κ1) is 21.3. The average Bonchev–Trinajstić information content (AvgIpc) is 2.34. The van der Waals surface area contributed by atoms with Gasteiger partial charge in [0.2, 0.25) is 0 Å². The van der Waals surface area contributed by atoms with Gasteiger partial charge in [-0.25, -0.2) is 0 Å². The number of hydrogen-bond acceptors (Lipinski definition) is 5. The average molecular weight is 410 g/mol. The first-order valence-corrected chi connectivity index (χ1v) is 9.85. The zero-order chi connectivity index (χ0) is 13.5. The van der Waals surface area contributed by atoms with Gasteiger partial charge in [0.25, 0.3) is 0 Å². The minimum atomic E-state index is -2.65. The van der Waals surface area contributed by atoms with Crippen LogP contribution in [0.25, 0.3) is 0 Å². The summed E-state index contributed by atoms with van der Waals surface area (Å²) in [6.07, 6.45) is 0. The fourth-order valence-corrected chi connectivity index (χ4v) is 10.2. The molecule has 5 nitrogen and oxygen atoms in total. The van der Waals surface area contributed by atoms with Gasteiger partial charge in [-0.15, -0.1) is 24.0 Å². The van der Waals surface area contributed by atoms with Crippen molar-refractivity contribution < 1.29 is 22.1 Å².